The number of carboxylic acids is 1. The molecule has 30 heavy (non-hydrogen) atoms. The molecular weight excluding hydrogens is 394 g/mol. The first-order valence-electron chi connectivity index (χ1n) is 10.1. The van der Waals surface area contributed by atoms with Gasteiger partial charge >= 0.3 is 5.97 Å². The van der Waals surface area contributed by atoms with E-state index < -0.39 is 54.9 Å². The summed E-state index contributed by atoms with van der Waals surface area (Å²) < 4.78 is 0. The predicted octanol–water partition coefficient (Wildman–Crippen LogP) is -1.58. The second-order valence-corrected chi connectivity index (χ2v) is 8.08. The Bertz CT molecular complexity index is 666. The molecule has 1 heterocycles. The highest BCUT2D eigenvalue weighted by Gasteiger charge is 2.39. The Labute approximate surface area is 176 Å². The molecule has 1 aliphatic heterocycles. The quantitative estimate of drug-likeness (QED) is 0.280. The standard InChI is InChI=1S/C19H33N5O6/c1-10(2)15(20)18(29)23-16(11(3)4)19(30)24-7-5-6-12(24)17(28)22-8-13(25)21-9-14(26)27/h10-12,15-16H,5-9,20H2,1-4H3,(H,21,25)(H,22,28)(H,23,29)(H,26,27)/t12-,15-,16-/m0/s1. The smallest absolute Gasteiger partial charge is 0.322 e. The lowest BCUT2D eigenvalue weighted by atomic mass is 9.99. The van der Waals surface area contributed by atoms with Gasteiger partial charge in [0.15, 0.2) is 0 Å². The summed E-state index contributed by atoms with van der Waals surface area (Å²) in [5.41, 5.74) is 5.87. The van der Waals surface area contributed by atoms with E-state index in [9.17, 15) is 24.0 Å². The third kappa shape index (κ3) is 7.29. The van der Waals surface area contributed by atoms with Crippen molar-refractivity contribution in [1.82, 2.24) is 20.9 Å². The number of rotatable bonds is 10. The third-order valence-electron chi connectivity index (χ3n) is 4.95. The largest absolute Gasteiger partial charge is 0.480 e. The predicted molar refractivity (Wildman–Crippen MR) is 108 cm³/mol. The first-order valence-corrected chi connectivity index (χ1v) is 10.1. The molecule has 1 rings (SSSR count). The molecule has 4 amide bonds. The van der Waals surface area contributed by atoms with Gasteiger partial charge in [-0.05, 0) is 24.7 Å². The van der Waals surface area contributed by atoms with E-state index in [0.717, 1.165) is 0 Å². The van der Waals surface area contributed by atoms with Gasteiger partial charge in [0.2, 0.25) is 23.6 Å². The van der Waals surface area contributed by atoms with Crippen LogP contribution in [-0.2, 0) is 24.0 Å². The zero-order valence-electron chi connectivity index (χ0n) is 17.9. The highest BCUT2D eigenvalue weighted by molar-refractivity contribution is 5.94. The number of nitrogens with one attached hydrogen (secondary N) is 3. The topological polar surface area (TPSA) is 171 Å². The molecule has 170 valence electrons. The van der Waals surface area contributed by atoms with Crippen molar-refractivity contribution in [2.24, 2.45) is 17.6 Å². The third-order valence-corrected chi connectivity index (χ3v) is 4.95. The van der Waals surface area contributed by atoms with Crippen LogP contribution >= 0.6 is 0 Å². The van der Waals surface area contributed by atoms with E-state index in [4.69, 9.17) is 10.8 Å². The molecule has 0 aliphatic carbocycles. The van der Waals surface area contributed by atoms with Crippen molar-refractivity contribution >= 4 is 29.6 Å². The van der Waals surface area contributed by atoms with Gasteiger partial charge in [-0.25, -0.2) is 0 Å². The Morgan fingerprint density at radius 1 is 1.03 bits per heavy atom. The number of carboxylic acid groups (broad SMARTS) is 1. The number of nitrogens with zero attached hydrogens (tertiary/aromatic N) is 1. The maximum Gasteiger partial charge on any atom is 0.322 e. The van der Waals surface area contributed by atoms with E-state index in [1.54, 1.807) is 13.8 Å². The summed E-state index contributed by atoms with van der Waals surface area (Å²) >= 11 is 0. The molecule has 1 aliphatic rings. The van der Waals surface area contributed by atoms with Gasteiger partial charge in [-0.1, -0.05) is 27.7 Å². The summed E-state index contributed by atoms with van der Waals surface area (Å²) in [5, 5.41) is 15.8. The first kappa shape index (κ1) is 25.3. The van der Waals surface area contributed by atoms with E-state index in [0.29, 0.717) is 19.4 Å². The summed E-state index contributed by atoms with van der Waals surface area (Å²) in [5.74, 6) is -3.44. The summed E-state index contributed by atoms with van der Waals surface area (Å²) in [6.07, 6.45) is 1.04. The van der Waals surface area contributed by atoms with Crippen LogP contribution in [0, 0.1) is 11.8 Å². The van der Waals surface area contributed by atoms with Crippen LogP contribution in [0.15, 0.2) is 0 Å². The molecule has 6 N–H and O–H groups in total. The number of hydrogen-bond donors (Lipinski definition) is 5. The Morgan fingerprint density at radius 2 is 1.67 bits per heavy atom. The number of aliphatic carboxylic acids is 1. The molecule has 0 bridgehead atoms. The van der Waals surface area contributed by atoms with E-state index >= 15 is 0 Å². The van der Waals surface area contributed by atoms with Crippen LogP contribution in [0.3, 0.4) is 0 Å². The molecule has 0 aromatic rings. The second kappa shape index (κ2) is 11.5. The fraction of sp³-hybridized carbons (Fsp3) is 0.737. The molecule has 0 aromatic heterocycles. The molecule has 0 unspecified atom stereocenters. The zero-order valence-corrected chi connectivity index (χ0v) is 17.9. The van der Waals surface area contributed by atoms with E-state index in [-0.39, 0.29) is 17.7 Å². The fourth-order valence-corrected chi connectivity index (χ4v) is 3.07. The Morgan fingerprint density at radius 3 is 2.20 bits per heavy atom. The van der Waals surface area contributed by atoms with Crippen LogP contribution in [0.4, 0.5) is 0 Å². The van der Waals surface area contributed by atoms with Gasteiger partial charge in [0.1, 0.15) is 18.6 Å². The van der Waals surface area contributed by atoms with Gasteiger partial charge in [-0.2, -0.15) is 0 Å². The number of nitrogens with two attached hydrogens (primary N) is 1. The number of hydrogen-bond acceptors (Lipinski definition) is 6. The van der Waals surface area contributed by atoms with E-state index in [1.807, 2.05) is 13.8 Å². The molecule has 11 nitrogen and oxygen atoms in total. The minimum atomic E-state index is -1.19. The number of amides is 4. The van der Waals surface area contributed by atoms with Gasteiger partial charge in [-0.3, -0.25) is 24.0 Å². The fourth-order valence-electron chi connectivity index (χ4n) is 3.07. The average molecular weight is 428 g/mol. The van der Waals surface area contributed by atoms with Crippen molar-refractivity contribution in [2.75, 3.05) is 19.6 Å². The normalized spacial score (nSPS) is 18.1. The molecule has 3 atom stereocenters. The molecule has 1 fully saturated rings. The van der Waals surface area contributed by atoms with Gasteiger partial charge in [0.05, 0.1) is 12.6 Å². The van der Waals surface area contributed by atoms with Crippen molar-refractivity contribution in [3.8, 4) is 0 Å². The molecule has 0 spiro atoms. The molecule has 11 heteroatoms. The Balaban J connectivity index is 2.75. The molecule has 1 saturated heterocycles. The van der Waals surface area contributed by atoms with Crippen LogP contribution in [0.1, 0.15) is 40.5 Å². The van der Waals surface area contributed by atoms with Crippen LogP contribution in [0.2, 0.25) is 0 Å². The van der Waals surface area contributed by atoms with E-state index in [2.05, 4.69) is 16.0 Å². The maximum atomic E-state index is 13.1. The number of carbonyl (C=O) groups is 5. The van der Waals surface area contributed by atoms with Crippen molar-refractivity contribution in [1.29, 1.82) is 0 Å². The van der Waals surface area contributed by atoms with Crippen molar-refractivity contribution in [3.05, 3.63) is 0 Å². The SMILES string of the molecule is CC(C)[C@H](N)C(=O)N[C@H](C(=O)N1CCC[C@H]1C(=O)NCC(=O)NCC(=O)O)C(C)C. The summed E-state index contributed by atoms with van der Waals surface area (Å²) in [6, 6.07) is -2.34. The maximum absolute atomic E-state index is 13.1. The van der Waals surface area contributed by atoms with Crippen molar-refractivity contribution < 1.29 is 29.1 Å². The Kier molecular flexibility index (Phi) is 9.70. The summed E-state index contributed by atoms with van der Waals surface area (Å²) in [6.45, 7) is 6.63. The number of carbonyl (C=O) groups excluding carboxylic acids is 4. The highest BCUT2D eigenvalue weighted by atomic mass is 16.4. The first-order chi connectivity index (χ1) is 14.0. The molecule has 0 aromatic carbocycles. The minimum absolute atomic E-state index is 0.0921. The van der Waals surface area contributed by atoms with Gasteiger partial charge in [0, 0.05) is 6.54 Å². The van der Waals surface area contributed by atoms with Gasteiger partial charge < -0.3 is 31.7 Å². The monoisotopic (exact) mass is 427 g/mol. The lowest BCUT2D eigenvalue weighted by molar-refractivity contribution is -0.143. The summed E-state index contributed by atoms with van der Waals surface area (Å²) in [4.78, 5) is 61.4. The zero-order chi connectivity index (χ0) is 23.0. The molecule has 0 radical (unpaired) electrons. The molecule has 0 saturated carbocycles. The number of likely N-dealkylation sites (tertiary alicyclic amines) is 1. The summed E-state index contributed by atoms with van der Waals surface area (Å²) in [7, 11) is 0. The Hall–Kier alpha value is -2.69. The van der Waals surface area contributed by atoms with Crippen LogP contribution in [0.5, 0.6) is 0 Å². The lowest BCUT2D eigenvalue weighted by Crippen LogP contribution is -2.58. The van der Waals surface area contributed by atoms with Gasteiger partial charge in [0.25, 0.3) is 0 Å². The van der Waals surface area contributed by atoms with Crippen molar-refractivity contribution in [2.45, 2.75) is 58.7 Å². The second-order valence-electron chi connectivity index (χ2n) is 8.08. The van der Waals surface area contributed by atoms with Crippen LogP contribution in [-0.4, -0.2) is 77.4 Å². The van der Waals surface area contributed by atoms with Crippen LogP contribution < -0.4 is 21.7 Å². The van der Waals surface area contributed by atoms with Gasteiger partial charge in [-0.15, -0.1) is 0 Å². The average Bonchev–Trinajstić information content (AvgIpc) is 3.16. The minimum Gasteiger partial charge on any atom is -0.480 e. The van der Waals surface area contributed by atoms with E-state index in [1.165, 1.54) is 4.90 Å². The lowest BCUT2D eigenvalue weighted by Gasteiger charge is -2.31. The van der Waals surface area contributed by atoms with Crippen molar-refractivity contribution in [3.63, 3.8) is 0 Å². The highest BCUT2D eigenvalue weighted by Crippen LogP contribution is 2.20. The molecular formula is C19H33N5O6. The van der Waals surface area contributed by atoms with Crippen LogP contribution in [0.25, 0.3) is 0 Å².